The van der Waals surface area contributed by atoms with Crippen molar-refractivity contribution < 1.29 is 14.0 Å². The zero-order chi connectivity index (χ0) is 20.9. The third-order valence-corrected chi connectivity index (χ3v) is 5.59. The summed E-state index contributed by atoms with van der Waals surface area (Å²) in [4.78, 5) is 25.2. The normalized spacial score (nSPS) is 14.2. The number of anilines is 1. The molecule has 1 saturated carbocycles. The van der Waals surface area contributed by atoms with Crippen LogP contribution in [0.25, 0.3) is 0 Å². The first-order valence-corrected chi connectivity index (χ1v) is 10.8. The van der Waals surface area contributed by atoms with E-state index in [1.165, 1.54) is 11.8 Å². The lowest BCUT2D eigenvalue weighted by Gasteiger charge is -2.16. The Balaban J connectivity index is 1.35. The van der Waals surface area contributed by atoms with Gasteiger partial charge in [-0.3, -0.25) is 9.59 Å². The van der Waals surface area contributed by atoms with Gasteiger partial charge in [-0.15, -0.1) is 10.2 Å². The van der Waals surface area contributed by atoms with Gasteiger partial charge in [-0.05, 0) is 37.5 Å². The van der Waals surface area contributed by atoms with Crippen LogP contribution in [0.3, 0.4) is 0 Å². The molecule has 0 bridgehead atoms. The first kappa shape index (κ1) is 20.2. The van der Waals surface area contributed by atoms with Crippen molar-refractivity contribution in [1.82, 2.24) is 15.5 Å². The molecular weight excluding hydrogens is 400 g/mol. The molecule has 8 heteroatoms. The van der Waals surface area contributed by atoms with Gasteiger partial charge in [0, 0.05) is 5.92 Å². The minimum Gasteiger partial charge on any atom is -0.416 e. The topological polar surface area (TPSA) is 97.1 Å². The Labute approximate surface area is 178 Å². The SMILES string of the molecule is CC(NC(=O)c1ccccc1NC(=O)CSc1nnc(C2CC2)o1)c1ccccc1. The summed E-state index contributed by atoms with van der Waals surface area (Å²) in [5.74, 6) is 0.642. The van der Waals surface area contributed by atoms with E-state index < -0.39 is 0 Å². The van der Waals surface area contributed by atoms with Crippen molar-refractivity contribution >= 4 is 29.3 Å². The van der Waals surface area contributed by atoms with Crippen molar-refractivity contribution in [2.24, 2.45) is 0 Å². The first-order valence-electron chi connectivity index (χ1n) is 9.81. The largest absolute Gasteiger partial charge is 0.416 e. The van der Waals surface area contributed by atoms with E-state index in [4.69, 9.17) is 4.42 Å². The van der Waals surface area contributed by atoms with Gasteiger partial charge >= 0.3 is 0 Å². The predicted octanol–water partition coefficient (Wildman–Crippen LogP) is 4.17. The Bertz CT molecular complexity index is 1030. The molecule has 1 aliphatic rings. The predicted molar refractivity (Wildman–Crippen MR) is 114 cm³/mol. The molecule has 4 rings (SSSR count). The van der Waals surface area contributed by atoms with E-state index in [1.54, 1.807) is 24.3 Å². The molecule has 3 aromatic rings. The van der Waals surface area contributed by atoms with Crippen molar-refractivity contribution in [3.8, 4) is 0 Å². The molecule has 1 aromatic heterocycles. The number of benzene rings is 2. The van der Waals surface area contributed by atoms with Gasteiger partial charge in [-0.25, -0.2) is 0 Å². The van der Waals surface area contributed by atoms with E-state index in [2.05, 4.69) is 20.8 Å². The van der Waals surface area contributed by atoms with Crippen molar-refractivity contribution in [1.29, 1.82) is 0 Å². The van der Waals surface area contributed by atoms with Crippen molar-refractivity contribution in [3.05, 3.63) is 71.6 Å². The molecule has 2 amide bonds. The van der Waals surface area contributed by atoms with Crippen LogP contribution < -0.4 is 10.6 Å². The van der Waals surface area contributed by atoms with Crippen LogP contribution in [0.5, 0.6) is 0 Å². The van der Waals surface area contributed by atoms with Crippen LogP contribution >= 0.6 is 11.8 Å². The Hall–Kier alpha value is -3.13. The van der Waals surface area contributed by atoms with E-state index in [0.717, 1.165) is 18.4 Å². The standard InChI is InChI=1S/C22H22N4O3S/c1-14(15-7-3-2-4-8-15)23-20(28)17-9-5-6-10-18(17)24-19(27)13-30-22-26-25-21(29-22)16-11-12-16/h2-10,14,16H,11-13H2,1H3,(H,23,28)(H,24,27). The number of hydrogen-bond donors (Lipinski definition) is 2. The highest BCUT2D eigenvalue weighted by Crippen LogP contribution is 2.39. The van der Waals surface area contributed by atoms with E-state index in [1.807, 2.05) is 37.3 Å². The highest BCUT2D eigenvalue weighted by atomic mass is 32.2. The maximum absolute atomic E-state index is 12.8. The number of nitrogens with one attached hydrogen (secondary N) is 2. The summed E-state index contributed by atoms with van der Waals surface area (Å²) >= 11 is 1.18. The van der Waals surface area contributed by atoms with Gasteiger partial charge in [0.1, 0.15) is 0 Å². The summed E-state index contributed by atoms with van der Waals surface area (Å²) in [6.45, 7) is 1.92. The minimum absolute atomic E-state index is 0.114. The molecule has 0 aliphatic heterocycles. The molecule has 1 heterocycles. The lowest BCUT2D eigenvalue weighted by molar-refractivity contribution is -0.113. The Kier molecular flexibility index (Phi) is 6.13. The third-order valence-electron chi connectivity index (χ3n) is 4.77. The molecule has 2 N–H and O–H groups in total. The highest BCUT2D eigenvalue weighted by molar-refractivity contribution is 7.99. The Morgan fingerprint density at radius 3 is 2.60 bits per heavy atom. The van der Waals surface area contributed by atoms with Crippen LogP contribution in [-0.2, 0) is 4.79 Å². The molecule has 154 valence electrons. The van der Waals surface area contributed by atoms with Crippen LogP contribution in [0.4, 0.5) is 5.69 Å². The zero-order valence-corrected chi connectivity index (χ0v) is 17.3. The lowest BCUT2D eigenvalue weighted by Crippen LogP contribution is -2.28. The van der Waals surface area contributed by atoms with E-state index >= 15 is 0 Å². The van der Waals surface area contributed by atoms with Crippen LogP contribution in [-0.4, -0.2) is 27.8 Å². The monoisotopic (exact) mass is 422 g/mol. The number of aromatic nitrogens is 2. The maximum Gasteiger partial charge on any atom is 0.277 e. The summed E-state index contributed by atoms with van der Waals surface area (Å²) < 4.78 is 5.55. The molecule has 0 spiro atoms. The van der Waals surface area contributed by atoms with Crippen molar-refractivity contribution in [2.75, 3.05) is 11.1 Å². The molecule has 1 unspecified atom stereocenters. The van der Waals surface area contributed by atoms with Crippen LogP contribution in [0.15, 0.2) is 64.2 Å². The lowest BCUT2D eigenvalue weighted by atomic mass is 10.1. The number of carbonyl (C=O) groups excluding carboxylic acids is 2. The third kappa shape index (κ3) is 5.07. The summed E-state index contributed by atoms with van der Waals surface area (Å²) in [6, 6.07) is 16.5. The summed E-state index contributed by atoms with van der Waals surface area (Å²) in [5.41, 5.74) is 1.88. The molecule has 1 fully saturated rings. The number of carbonyl (C=O) groups is 2. The van der Waals surface area contributed by atoms with E-state index in [-0.39, 0.29) is 23.6 Å². The molecular formula is C22H22N4O3S. The highest BCUT2D eigenvalue weighted by Gasteiger charge is 2.29. The smallest absolute Gasteiger partial charge is 0.277 e. The molecule has 30 heavy (non-hydrogen) atoms. The Morgan fingerprint density at radius 1 is 1.10 bits per heavy atom. The second kappa shape index (κ2) is 9.13. The summed E-state index contributed by atoms with van der Waals surface area (Å²) in [6.07, 6.45) is 2.16. The van der Waals surface area contributed by atoms with Gasteiger partial charge < -0.3 is 15.1 Å². The zero-order valence-electron chi connectivity index (χ0n) is 16.5. The van der Waals surface area contributed by atoms with Crippen molar-refractivity contribution in [3.63, 3.8) is 0 Å². The molecule has 2 aromatic carbocycles. The summed E-state index contributed by atoms with van der Waals surface area (Å²) in [5, 5.41) is 14.1. The molecule has 7 nitrogen and oxygen atoms in total. The fourth-order valence-electron chi connectivity index (χ4n) is 2.98. The second-order valence-electron chi connectivity index (χ2n) is 7.17. The van der Waals surface area contributed by atoms with Gasteiger partial charge in [0.25, 0.3) is 11.1 Å². The van der Waals surface area contributed by atoms with Gasteiger partial charge in [0.05, 0.1) is 23.0 Å². The molecule has 1 aliphatic carbocycles. The number of hydrogen-bond acceptors (Lipinski definition) is 6. The fourth-order valence-corrected chi connectivity index (χ4v) is 3.55. The fraction of sp³-hybridized carbons (Fsp3) is 0.273. The average molecular weight is 423 g/mol. The van der Waals surface area contributed by atoms with Gasteiger partial charge in [0.2, 0.25) is 11.8 Å². The second-order valence-corrected chi connectivity index (χ2v) is 8.10. The van der Waals surface area contributed by atoms with Crippen LogP contribution in [0, 0.1) is 0 Å². The molecule has 0 radical (unpaired) electrons. The quantitative estimate of drug-likeness (QED) is 0.529. The minimum atomic E-state index is -0.249. The summed E-state index contributed by atoms with van der Waals surface area (Å²) in [7, 11) is 0. The van der Waals surface area contributed by atoms with Crippen LogP contribution in [0.1, 0.15) is 53.5 Å². The molecule has 0 saturated heterocycles. The maximum atomic E-state index is 12.8. The first-order chi connectivity index (χ1) is 14.6. The average Bonchev–Trinajstić information content (AvgIpc) is 3.51. The van der Waals surface area contributed by atoms with Gasteiger partial charge in [-0.1, -0.05) is 54.2 Å². The number of thioether (sulfide) groups is 1. The number of nitrogens with zero attached hydrogens (tertiary/aromatic N) is 2. The Morgan fingerprint density at radius 2 is 1.83 bits per heavy atom. The van der Waals surface area contributed by atoms with Gasteiger partial charge in [-0.2, -0.15) is 0 Å². The molecule has 1 atom stereocenters. The van der Waals surface area contributed by atoms with Crippen LogP contribution in [0.2, 0.25) is 0 Å². The van der Waals surface area contributed by atoms with E-state index in [9.17, 15) is 9.59 Å². The van der Waals surface area contributed by atoms with Crippen molar-refractivity contribution in [2.45, 2.75) is 36.9 Å². The van der Waals surface area contributed by atoms with Gasteiger partial charge in [0.15, 0.2) is 0 Å². The number of para-hydroxylation sites is 1. The van der Waals surface area contributed by atoms with E-state index in [0.29, 0.717) is 28.3 Å². The number of rotatable bonds is 8. The number of amides is 2.